The number of aromatic nitrogens is 1. The molecule has 2 aromatic heterocycles. The van der Waals surface area contributed by atoms with E-state index in [4.69, 9.17) is 0 Å². The summed E-state index contributed by atoms with van der Waals surface area (Å²) < 4.78 is 0. The van der Waals surface area contributed by atoms with Crippen LogP contribution in [0.5, 0.6) is 5.75 Å². The number of aromatic hydroxyl groups is 1. The van der Waals surface area contributed by atoms with Crippen LogP contribution in [0.25, 0.3) is 6.08 Å². The molecule has 1 unspecified atom stereocenters. The second-order valence-electron chi connectivity index (χ2n) is 4.78. The quantitative estimate of drug-likeness (QED) is 0.737. The van der Waals surface area contributed by atoms with Gasteiger partial charge in [0, 0.05) is 17.2 Å². The minimum Gasteiger partial charge on any atom is -0.506 e. The number of rotatable bonds is 5. The van der Waals surface area contributed by atoms with Gasteiger partial charge in [-0.25, -0.2) is 0 Å². The van der Waals surface area contributed by atoms with Crippen molar-refractivity contribution >= 4 is 23.3 Å². The van der Waals surface area contributed by atoms with Crippen molar-refractivity contribution in [2.24, 2.45) is 0 Å². The molecule has 1 atom stereocenters. The van der Waals surface area contributed by atoms with E-state index in [0.29, 0.717) is 5.56 Å². The van der Waals surface area contributed by atoms with Gasteiger partial charge >= 0.3 is 0 Å². The first-order chi connectivity index (χ1) is 9.97. The molecule has 0 saturated heterocycles. The number of carbonyl (C=O) groups is 1. The molecule has 1 amide bonds. The van der Waals surface area contributed by atoms with Gasteiger partial charge < -0.3 is 15.5 Å². The van der Waals surface area contributed by atoms with Gasteiger partial charge in [0.05, 0.1) is 12.7 Å². The average Bonchev–Trinajstić information content (AvgIpc) is 2.98. The van der Waals surface area contributed by atoms with E-state index in [1.807, 2.05) is 17.5 Å². The topological polar surface area (TPSA) is 82.5 Å². The number of pyridine rings is 1. The Hall–Kier alpha value is -2.18. The first-order valence-electron chi connectivity index (χ1n) is 6.34. The molecule has 6 heteroatoms. The number of nitrogens with one attached hydrogen (secondary N) is 1. The van der Waals surface area contributed by atoms with Gasteiger partial charge in [0.2, 0.25) is 5.91 Å². The third-order valence-corrected chi connectivity index (χ3v) is 3.95. The molecule has 0 bridgehead atoms. The van der Waals surface area contributed by atoms with Crippen molar-refractivity contribution in [3.05, 3.63) is 52.5 Å². The molecule has 0 fully saturated rings. The number of hydrogen-bond acceptors (Lipinski definition) is 5. The van der Waals surface area contributed by atoms with Gasteiger partial charge in [0.15, 0.2) is 0 Å². The fraction of sp³-hybridized carbons (Fsp3) is 0.200. The molecule has 0 radical (unpaired) electrons. The van der Waals surface area contributed by atoms with Crippen LogP contribution in [0.4, 0.5) is 0 Å². The molecule has 2 heterocycles. The van der Waals surface area contributed by atoms with Crippen LogP contribution in [0.2, 0.25) is 0 Å². The lowest BCUT2D eigenvalue weighted by Gasteiger charge is -2.21. The van der Waals surface area contributed by atoms with E-state index >= 15 is 0 Å². The fourth-order valence-corrected chi connectivity index (χ4v) is 2.49. The van der Waals surface area contributed by atoms with Crippen molar-refractivity contribution in [1.82, 2.24) is 10.3 Å². The maximum Gasteiger partial charge on any atom is 0.244 e. The number of nitrogens with zero attached hydrogens (tertiary/aromatic N) is 1. The SMILES string of the molecule is CC(O)(CNC(=O)/C=C/c1cncc(O)c1)c1cccs1. The fourth-order valence-electron chi connectivity index (χ4n) is 1.70. The van der Waals surface area contributed by atoms with Gasteiger partial charge in [-0.15, -0.1) is 11.3 Å². The van der Waals surface area contributed by atoms with Crippen molar-refractivity contribution in [3.63, 3.8) is 0 Å². The number of aliphatic hydroxyl groups is 1. The molecule has 0 aromatic carbocycles. The molecule has 0 saturated carbocycles. The molecule has 0 aliphatic rings. The van der Waals surface area contributed by atoms with Gasteiger partial charge in [-0.1, -0.05) is 6.07 Å². The summed E-state index contributed by atoms with van der Waals surface area (Å²) in [6, 6.07) is 5.18. The second-order valence-corrected chi connectivity index (χ2v) is 5.73. The lowest BCUT2D eigenvalue weighted by atomic mass is 10.1. The normalized spacial score (nSPS) is 14.0. The van der Waals surface area contributed by atoms with Crippen molar-refractivity contribution < 1.29 is 15.0 Å². The summed E-state index contributed by atoms with van der Waals surface area (Å²) in [4.78, 5) is 16.3. The van der Waals surface area contributed by atoms with Crippen molar-refractivity contribution in [1.29, 1.82) is 0 Å². The maximum absolute atomic E-state index is 11.7. The predicted molar refractivity (Wildman–Crippen MR) is 81.8 cm³/mol. The zero-order valence-corrected chi connectivity index (χ0v) is 12.3. The molecule has 21 heavy (non-hydrogen) atoms. The number of hydrogen-bond donors (Lipinski definition) is 3. The Morgan fingerprint density at radius 1 is 1.52 bits per heavy atom. The molecule has 110 valence electrons. The van der Waals surface area contributed by atoms with Crippen LogP contribution >= 0.6 is 11.3 Å². The molecule has 5 nitrogen and oxygen atoms in total. The lowest BCUT2D eigenvalue weighted by Crippen LogP contribution is -2.37. The maximum atomic E-state index is 11.7. The first-order valence-corrected chi connectivity index (χ1v) is 7.22. The van der Waals surface area contributed by atoms with E-state index < -0.39 is 5.60 Å². The molecule has 2 aromatic rings. The summed E-state index contributed by atoms with van der Waals surface area (Å²) in [6.45, 7) is 1.77. The average molecular weight is 304 g/mol. The second kappa shape index (κ2) is 6.51. The van der Waals surface area contributed by atoms with E-state index in [1.54, 1.807) is 13.0 Å². The number of carbonyl (C=O) groups excluding carboxylic acids is 1. The summed E-state index contributed by atoms with van der Waals surface area (Å²) in [7, 11) is 0. The standard InChI is InChI=1S/C15H16N2O3S/c1-15(20,13-3-2-6-21-13)10-17-14(19)5-4-11-7-12(18)9-16-8-11/h2-9,18,20H,10H2,1H3,(H,17,19)/b5-4+. The summed E-state index contributed by atoms with van der Waals surface area (Å²) >= 11 is 1.44. The molecule has 0 aliphatic carbocycles. The molecule has 0 aliphatic heterocycles. The van der Waals surface area contributed by atoms with Crippen LogP contribution in [0.3, 0.4) is 0 Å². The Balaban J connectivity index is 1.90. The zero-order chi connectivity index (χ0) is 15.3. The highest BCUT2D eigenvalue weighted by molar-refractivity contribution is 7.10. The van der Waals surface area contributed by atoms with E-state index in [1.165, 1.54) is 35.9 Å². The van der Waals surface area contributed by atoms with Crippen LogP contribution in [0, 0.1) is 0 Å². The van der Waals surface area contributed by atoms with E-state index in [-0.39, 0.29) is 18.2 Å². The van der Waals surface area contributed by atoms with Crippen LogP contribution < -0.4 is 5.32 Å². The zero-order valence-electron chi connectivity index (χ0n) is 11.5. The molecule has 2 rings (SSSR count). The highest BCUT2D eigenvalue weighted by atomic mass is 32.1. The highest BCUT2D eigenvalue weighted by Gasteiger charge is 2.24. The third-order valence-electron chi connectivity index (χ3n) is 2.83. The third kappa shape index (κ3) is 4.40. The smallest absolute Gasteiger partial charge is 0.244 e. The minimum absolute atomic E-state index is 0.0400. The molecular formula is C15H16N2O3S. The molecule has 0 spiro atoms. The monoisotopic (exact) mass is 304 g/mol. The first kappa shape index (κ1) is 15.2. The Labute approximate surface area is 126 Å². The van der Waals surface area contributed by atoms with Crippen LogP contribution in [0.15, 0.2) is 42.0 Å². The van der Waals surface area contributed by atoms with Gasteiger partial charge in [-0.2, -0.15) is 0 Å². The van der Waals surface area contributed by atoms with Gasteiger partial charge in [0.25, 0.3) is 0 Å². The van der Waals surface area contributed by atoms with Gasteiger partial charge in [0.1, 0.15) is 11.4 Å². The van der Waals surface area contributed by atoms with E-state index in [0.717, 1.165) is 4.88 Å². The van der Waals surface area contributed by atoms with Crippen LogP contribution in [0.1, 0.15) is 17.4 Å². The Morgan fingerprint density at radius 3 is 3.00 bits per heavy atom. The van der Waals surface area contributed by atoms with Crippen molar-refractivity contribution in [3.8, 4) is 5.75 Å². The van der Waals surface area contributed by atoms with E-state index in [9.17, 15) is 15.0 Å². The Morgan fingerprint density at radius 2 is 2.33 bits per heavy atom. The summed E-state index contributed by atoms with van der Waals surface area (Å²) in [5.74, 6) is -0.284. The van der Waals surface area contributed by atoms with Crippen LogP contribution in [-0.2, 0) is 10.4 Å². The number of amides is 1. The van der Waals surface area contributed by atoms with E-state index in [2.05, 4.69) is 10.3 Å². The highest BCUT2D eigenvalue weighted by Crippen LogP contribution is 2.24. The van der Waals surface area contributed by atoms with Gasteiger partial charge in [-0.05, 0) is 36.1 Å². The summed E-state index contributed by atoms with van der Waals surface area (Å²) in [6.07, 6.45) is 5.73. The Kier molecular flexibility index (Phi) is 4.72. The molecule has 3 N–H and O–H groups in total. The lowest BCUT2D eigenvalue weighted by molar-refractivity contribution is -0.117. The summed E-state index contributed by atoms with van der Waals surface area (Å²) in [5, 5.41) is 24.1. The largest absolute Gasteiger partial charge is 0.506 e. The van der Waals surface area contributed by atoms with Crippen molar-refractivity contribution in [2.45, 2.75) is 12.5 Å². The predicted octanol–water partition coefficient (Wildman–Crippen LogP) is 1.89. The minimum atomic E-state index is -1.09. The Bertz CT molecular complexity index is 636. The number of thiophene rings is 1. The van der Waals surface area contributed by atoms with Gasteiger partial charge in [-0.3, -0.25) is 9.78 Å². The summed E-state index contributed by atoms with van der Waals surface area (Å²) in [5.41, 5.74) is -0.472. The van der Waals surface area contributed by atoms with Crippen molar-refractivity contribution in [2.75, 3.05) is 6.54 Å². The van der Waals surface area contributed by atoms with Crippen LogP contribution in [-0.4, -0.2) is 27.6 Å². The molecular weight excluding hydrogens is 288 g/mol.